The molecule has 0 aliphatic heterocycles. The number of benzene rings is 1. The van der Waals surface area contributed by atoms with Gasteiger partial charge in [0.05, 0.1) is 12.1 Å². The maximum Gasteiger partial charge on any atom is 0.149 e. The van der Waals surface area contributed by atoms with Gasteiger partial charge in [-0.2, -0.15) is 0 Å². The molecule has 0 amide bonds. The van der Waals surface area contributed by atoms with Crippen LogP contribution in [-0.4, -0.2) is 19.9 Å². The number of nitrogens with zero attached hydrogens (tertiary/aromatic N) is 4. The number of rotatable bonds is 3. The van der Waals surface area contributed by atoms with Crippen molar-refractivity contribution in [1.29, 1.82) is 0 Å². The van der Waals surface area contributed by atoms with Crippen LogP contribution >= 0.6 is 15.9 Å². The highest BCUT2D eigenvalue weighted by Gasteiger charge is 2.05. The minimum atomic E-state index is 0.448. The summed E-state index contributed by atoms with van der Waals surface area (Å²) < 4.78 is 0.975. The van der Waals surface area contributed by atoms with E-state index < -0.39 is 0 Å². The largest absolute Gasteiger partial charge is 0.384 e. The zero-order valence-electron chi connectivity index (χ0n) is 10.4. The zero-order chi connectivity index (χ0) is 13.9. The summed E-state index contributed by atoms with van der Waals surface area (Å²) >= 11 is 3.45. The summed E-state index contributed by atoms with van der Waals surface area (Å²) in [6.07, 6.45) is 3.16. The number of hydrogen-bond acceptors (Lipinski definition) is 6. The monoisotopic (exact) mass is 330 g/mol. The highest BCUT2D eigenvalue weighted by Crippen LogP contribution is 2.23. The molecule has 1 aromatic carbocycles. The van der Waals surface area contributed by atoms with E-state index in [1.54, 1.807) is 12.3 Å². The first-order valence-electron chi connectivity index (χ1n) is 5.94. The first kappa shape index (κ1) is 12.7. The predicted octanol–water partition coefficient (Wildman–Crippen LogP) is 2.38. The van der Waals surface area contributed by atoms with Gasteiger partial charge in [0.1, 0.15) is 23.8 Å². The number of nitrogens with two attached hydrogens (primary N) is 1. The summed E-state index contributed by atoms with van der Waals surface area (Å²) in [5.74, 6) is 1.81. The summed E-state index contributed by atoms with van der Waals surface area (Å²) in [7, 11) is 0. The molecule has 2 heterocycles. The van der Waals surface area contributed by atoms with E-state index in [9.17, 15) is 0 Å². The highest BCUT2D eigenvalue weighted by molar-refractivity contribution is 9.10. The molecule has 0 atom stereocenters. The minimum absolute atomic E-state index is 0.448. The van der Waals surface area contributed by atoms with Crippen LogP contribution in [0.4, 0.5) is 11.6 Å². The molecule has 2 aromatic heterocycles. The normalized spacial score (nSPS) is 10.7. The topological polar surface area (TPSA) is 89.6 Å². The van der Waals surface area contributed by atoms with Gasteiger partial charge in [-0.25, -0.2) is 19.9 Å². The van der Waals surface area contributed by atoms with Crippen LogP contribution in [0.3, 0.4) is 0 Å². The Morgan fingerprint density at radius 3 is 2.90 bits per heavy atom. The lowest BCUT2D eigenvalue weighted by Gasteiger charge is -2.08. The second kappa shape index (κ2) is 5.38. The molecule has 0 unspecified atom stereocenters. The maximum atomic E-state index is 5.63. The van der Waals surface area contributed by atoms with Crippen LogP contribution in [0.5, 0.6) is 0 Å². The lowest BCUT2D eigenvalue weighted by Crippen LogP contribution is -2.07. The Labute approximate surface area is 123 Å². The molecule has 0 saturated heterocycles. The Balaban J connectivity index is 1.89. The Hall–Kier alpha value is -2.28. The van der Waals surface area contributed by atoms with E-state index in [4.69, 9.17) is 5.73 Å². The third-order valence-corrected chi connectivity index (χ3v) is 3.23. The highest BCUT2D eigenvalue weighted by atomic mass is 79.9. The second-order valence-corrected chi connectivity index (χ2v) is 5.05. The molecule has 0 spiro atoms. The van der Waals surface area contributed by atoms with E-state index in [0.717, 1.165) is 21.2 Å². The fourth-order valence-corrected chi connectivity index (χ4v) is 2.19. The average Bonchev–Trinajstić information content (AvgIpc) is 2.45. The number of anilines is 2. The quantitative estimate of drug-likeness (QED) is 0.766. The fourth-order valence-electron chi connectivity index (χ4n) is 1.83. The molecule has 0 radical (unpaired) electrons. The second-order valence-electron chi connectivity index (χ2n) is 4.14. The smallest absolute Gasteiger partial charge is 0.149 e. The molecule has 6 nitrogen and oxygen atoms in total. The van der Waals surface area contributed by atoms with Gasteiger partial charge in [-0.15, -0.1) is 0 Å². The van der Waals surface area contributed by atoms with Gasteiger partial charge in [-0.1, -0.05) is 15.9 Å². The van der Waals surface area contributed by atoms with Crippen LogP contribution in [-0.2, 0) is 6.54 Å². The average molecular weight is 331 g/mol. The van der Waals surface area contributed by atoms with Crippen LogP contribution in [0.1, 0.15) is 5.82 Å². The van der Waals surface area contributed by atoms with Crippen molar-refractivity contribution in [3.05, 3.63) is 47.1 Å². The van der Waals surface area contributed by atoms with Crippen molar-refractivity contribution in [2.45, 2.75) is 6.54 Å². The fraction of sp³-hybridized carbons (Fsp3) is 0.0769. The van der Waals surface area contributed by atoms with Gasteiger partial charge >= 0.3 is 0 Å². The number of hydrogen-bond donors (Lipinski definition) is 2. The number of fused-ring (bicyclic) bond motifs is 1. The number of nitrogens with one attached hydrogen (secondary N) is 1. The Morgan fingerprint density at radius 2 is 2.05 bits per heavy atom. The van der Waals surface area contributed by atoms with Gasteiger partial charge in [0.25, 0.3) is 0 Å². The van der Waals surface area contributed by atoms with Crippen molar-refractivity contribution in [3.8, 4) is 0 Å². The third kappa shape index (κ3) is 2.67. The molecular formula is C13H11BrN6. The van der Waals surface area contributed by atoms with Crippen molar-refractivity contribution in [1.82, 2.24) is 19.9 Å². The molecule has 0 saturated carbocycles. The SMILES string of the molecule is Nc1ccnc(CNc2ncnc3ccc(Br)cc23)n1. The molecule has 7 heteroatoms. The van der Waals surface area contributed by atoms with Crippen LogP contribution in [0.2, 0.25) is 0 Å². The molecule has 0 fully saturated rings. The van der Waals surface area contributed by atoms with Crippen molar-refractivity contribution in [3.63, 3.8) is 0 Å². The summed E-state index contributed by atoms with van der Waals surface area (Å²) in [4.78, 5) is 16.8. The Morgan fingerprint density at radius 1 is 1.15 bits per heavy atom. The van der Waals surface area contributed by atoms with Crippen LogP contribution in [0, 0.1) is 0 Å². The summed E-state index contributed by atoms with van der Waals surface area (Å²) in [5, 5.41) is 4.14. The standard InChI is InChI=1S/C13H11BrN6/c14-8-1-2-10-9(5-8)13(19-7-18-10)17-6-12-16-4-3-11(15)20-12/h1-5,7H,6H2,(H2,15,16,20)(H,17,18,19). The number of halogens is 1. The van der Waals surface area contributed by atoms with Gasteiger partial charge in [0, 0.05) is 16.1 Å². The van der Waals surface area contributed by atoms with Gasteiger partial charge < -0.3 is 11.1 Å². The third-order valence-electron chi connectivity index (χ3n) is 2.74. The molecular weight excluding hydrogens is 320 g/mol. The predicted molar refractivity (Wildman–Crippen MR) is 81.0 cm³/mol. The lowest BCUT2D eigenvalue weighted by atomic mass is 10.2. The molecule has 3 rings (SSSR count). The lowest BCUT2D eigenvalue weighted by molar-refractivity contribution is 0.947. The van der Waals surface area contributed by atoms with Crippen molar-refractivity contribution in [2.24, 2.45) is 0 Å². The molecule has 100 valence electrons. The van der Waals surface area contributed by atoms with Gasteiger partial charge in [-0.3, -0.25) is 0 Å². The first-order chi connectivity index (χ1) is 9.72. The number of aromatic nitrogens is 4. The molecule has 0 bridgehead atoms. The first-order valence-corrected chi connectivity index (χ1v) is 6.73. The molecule has 3 N–H and O–H groups in total. The van der Waals surface area contributed by atoms with Gasteiger partial charge in [-0.05, 0) is 24.3 Å². The summed E-state index contributed by atoms with van der Waals surface area (Å²) in [5.41, 5.74) is 6.50. The van der Waals surface area contributed by atoms with Crippen molar-refractivity contribution < 1.29 is 0 Å². The van der Waals surface area contributed by atoms with E-state index in [1.807, 2.05) is 18.2 Å². The maximum absolute atomic E-state index is 5.63. The zero-order valence-corrected chi connectivity index (χ0v) is 12.0. The van der Waals surface area contributed by atoms with E-state index in [0.29, 0.717) is 18.2 Å². The summed E-state index contributed by atoms with van der Waals surface area (Å²) in [6.45, 7) is 0.448. The van der Waals surface area contributed by atoms with E-state index in [-0.39, 0.29) is 0 Å². The number of nitrogen functional groups attached to an aromatic ring is 1. The van der Waals surface area contributed by atoms with Crippen LogP contribution in [0.15, 0.2) is 41.3 Å². The molecule has 0 aliphatic carbocycles. The van der Waals surface area contributed by atoms with Gasteiger partial charge in [0.2, 0.25) is 0 Å². The van der Waals surface area contributed by atoms with Crippen LogP contribution < -0.4 is 11.1 Å². The summed E-state index contributed by atoms with van der Waals surface area (Å²) in [6, 6.07) is 7.50. The Bertz CT molecular complexity index is 761. The van der Waals surface area contributed by atoms with Crippen molar-refractivity contribution >= 4 is 38.5 Å². The van der Waals surface area contributed by atoms with E-state index in [1.165, 1.54) is 6.33 Å². The molecule has 3 aromatic rings. The Kier molecular flexibility index (Phi) is 3.42. The van der Waals surface area contributed by atoms with E-state index in [2.05, 4.69) is 41.2 Å². The van der Waals surface area contributed by atoms with Crippen molar-refractivity contribution in [2.75, 3.05) is 11.1 Å². The van der Waals surface area contributed by atoms with E-state index >= 15 is 0 Å². The van der Waals surface area contributed by atoms with Gasteiger partial charge in [0.15, 0.2) is 0 Å². The molecule has 20 heavy (non-hydrogen) atoms. The molecule has 0 aliphatic rings. The van der Waals surface area contributed by atoms with Crippen LogP contribution in [0.25, 0.3) is 10.9 Å². The minimum Gasteiger partial charge on any atom is -0.384 e.